The van der Waals surface area contributed by atoms with Crippen LogP contribution in [0.15, 0.2) is 41.9 Å². The van der Waals surface area contributed by atoms with Crippen LogP contribution in [-0.4, -0.2) is 46.4 Å². The molecule has 2 aromatic heterocycles. The van der Waals surface area contributed by atoms with Gasteiger partial charge in [-0.25, -0.2) is 9.37 Å². The van der Waals surface area contributed by atoms with Crippen LogP contribution in [0.3, 0.4) is 0 Å². The molecule has 3 heterocycles. The van der Waals surface area contributed by atoms with Gasteiger partial charge in [0.2, 0.25) is 5.91 Å². The van der Waals surface area contributed by atoms with Crippen molar-refractivity contribution in [2.24, 2.45) is 0 Å². The Bertz CT molecular complexity index is 962. The lowest BCUT2D eigenvalue weighted by molar-refractivity contribution is -0.126. The van der Waals surface area contributed by atoms with Crippen LogP contribution in [0.5, 0.6) is 0 Å². The number of anilines is 1. The number of hydrogen-bond acceptors (Lipinski definition) is 4. The average molecular weight is 427 g/mol. The summed E-state index contributed by atoms with van der Waals surface area (Å²) in [5, 5.41) is 2.31. The molecule has 5 nitrogen and oxygen atoms in total. The van der Waals surface area contributed by atoms with Gasteiger partial charge in [0.15, 0.2) is 10.1 Å². The Kier molecular flexibility index (Phi) is 6.04. The molecule has 0 spiro atoms. The number of benzene rings is 1. The molecule has 0 N–H and O–H groups in total. The second kappa shape index (κ2) is 8.29. The van der Waals surface area contributed by atoms with Crippen molar-refractivity contribution in [2.75, 3.05) is 31.1 Å². The number of aromatic nitrogens is 2. The molecule has 0 bridgehead atoms. The summed E-state index contributed by atoms with van der Waals surface area (Å²) in [6, 6.07) is 6.44. The summed E-state index contributed by atoms with van der Waals surface area (Å²) in [7, 11) is 0. The van der Waals surface area contributed by atoms with E-state index in [4.69, 9.17) is 11.6 Å². The Balaban J connectivity index is 0.00000210. The second-order valence-corrected chi connectivity index (χ2v) is 7.20. The summed E-state index contributed by atoms with van der Waals surface area (Å²) in [5.74, 6) is -0.295. The lowest BCUT2D eigenvalue weighted by atomic mass is 10.2. The van der Waals surface area contributed by atoms with Gasteiger partial charge in [0.25, 0.3) is 0 Å². The van der Waals surface area contributed by atoms with Crippen molar-refractivity contribution in [2.45, 2.75) is 0 Å². The van der Waals surface area contributed by atoms with E-state index in [1.807, 2.05) is 16.0 Å². The van der Waals surface area contributed by atoms with Crippen molar-refractivity contribution in [3.8, 4) is 0 Å². The molecule has 0 radical (unpaired) electrons. The molecule has 27 heavy (non-hydrogen) atoms. The number of rotatable bonds is 3. The highest BCUT2D eigenvalue weighted by Crippen LogP contribution is 2.22. The third kappa shape index (κ3) is 4.10. The van der Waals surface area contributed by atoms with E-state index in [1.54, 1.807) is 29.2 Å². The highest BCUT2D eigenvalue weighted by atomic mass is 35.5. The largest absolute Gasteiger partial charge is 0.368 e. The molecule has 1 aliphatic rings. The topological polar surface area (TPSA) is 40.9 Å². The maximum Gasteiger partial charge on any atom is 0.246 e. The molecule has 1 saturated heterocycles. The monoisotopic (exact) mass is 426 g/mol. The van der Waals surface area contributed by atoms with E-state index in [2.05, 4.69) is 9.88 Å². The lowest BCUT2D eigenvalue weighted by Gasteiger charge is -2.35. The summed E-state index contributed by atoms with van der Waals surface area (Å²) in [6.07, 6.45) is 5.13. The Hall–Kier alpha value is -2.09. The molecular weight excluding hydrogens is 410 g/mol. The predicted octanol–water partition coefficient (Wildman–Crippen LogP) is 3.97. The number of hydrogen-bond donors (Lipinski definition) is 0. The molecule has 1 aromatic carbocycles. The van der Waals surface area contributed by atoms with E-state index in [1.165, 1.54) is 23.5 Å². The Morgan fingerprint density at radius 1 is 1.19 bits per heavy atom. The molecular formula is C18H17Cl2FN4OS. The van der Waals surface area contributed by atoms with Gasteiger partial charge < -0.3 is 9.80 Å². The van der Waals surface area contributed by atoms with Crippen LogP contribution >= 0.6 is 35.3 Å². The van der Waals surface area contributed by atoms with Crippen LogP contribution in [0.2, 0.25) is 5.15 Å². The summed E-state index contributed by atoms with van der Waals surface area (Å²) in [6.45, 7) is 2.67. The first kappa shape index (κ1) is 19.7. The van der Waals surface area contributed by atoms with E-state index in [9.17, 15) is 9.18 Å². The average Bonchev–Trinajstić information content (AvgIpc) is 3.21. The number of nitrogens with zero attached hydrogens (tertiary/aromatic N) is 4. The molecule has 0 unspecified atom stereocenters. The Labute approximate surface area is 171 Å². The number of fused-ring (bicyclic) bond motifs is 1. The number of imidazole rings is 1. The van der Waals surface area contributed by atoms with Gasteiger partial charge in [-0.1, -0.05) is 11.6 Å². The van der Waals surface area contributed by atoms with E-state index < -0.39 is 0 Å². The molecule has 1 aliphatic heterocycles. The van der Waals surface area contributed by atoms with E-state index in [-0.39, 0.29) is 24.1 Å². The predicted molar refractivity (Wildman–Crippen MR) is 110 cm³/mol. The van der Waals surface area contributed by atoms with Crippen molar-refractivity contribution >= 4 is 58.0 Å². The highest BCUT2D eigenvalue weighted by molar-refractivity contribution is 7.15. The smallest absolute Gasteiger partial charge is 0.246 e. The fourth-order valence-electron chi connectivity index (χ4n) is 3.02. The SMILES string of the molecule is Cl.O=C(/C=C/c1c(Cl)nc2sccn12)N1CCN(c2ccc(F)cc2)CC1. The molecule has 0 atom stereocenters. The zero-order valence-corrected chi connectivity index (χ0v) is 16.6. The van der Waals surface area contributed by atoms with Crippen LogP contribution in [0.25, 0.3) is 11.0 Å². The minimum absolute atomic E-state index is 0. The maximum atomic E-state index is 13.0. The minimum Gasteiger partial charge on any atom is -0.368 e. The first-order chi connectivity index (χ1) is 12.6. The molecule has 0 aliphatic carbocycles. The maximum absolute atomic E-state index is 13.0. The van der Waals surface area contributed by atoms with Gasteiger partial charge in [0.1, 0.15) is 5.82 Å². The molecule has 1 fully saturated rings. The molecule has 4 rings (SSSR count). The van der Waals surface area contributed by atoms with Gasteiger partial charge >= 0.3 is 0 Å². The summed E-state index contributed by atoms with van der Waals surface area (Å²) < 4.78 is 14.9. The quantitative estimate of drug-likeness (QED) is 0.594. The number of carbonyl (C=O) groups excluding carboxylic acids is 1. The molecule has 0 saturated carbocycles. The lowest BCUT2D eigenvalue weighted by Crippen LogP contribution is -2.48. The van der Waals surface area contributed by atoms with Crippen molar-refractivity contribution in [3.63, 3.8) is 0 Å². The van der Waals surface area contributed by atoms with Gasteiger partial charge in [-0.2, -0.15) is 0 Å². The van der Waals surface area contributed by atoms with Gasteiger partial charge in [0, 0.05) is 49.5 Å². The van der Waals surface area contributed by atoms with Crippen LogP contribution < -0.4 is 4.90 Å². The molecule has 9 heteroatoms. The first-order valence-electron chi connectivity index (χ1n) is 8.20. The van der Waals surface area contributed by atoms with E-state index >= 15 is 0 Å². The third-order valence-corrected chi connectivity index (χ3v) is 5.46. The normalized spacial score (nSPS) is 14.7. The zero-order chi connectivity index (χ0) is 18.1. The van der Waals surface area contributed by atoms with E-state index in [0.717, 1.165) is 10.6 Å². The van der Waals surface area contributed by atoms with Crippen LogP contribution in [0, 0.1) is 5.82 Å². The van der Waals surface area contributed by atoms with Crippen LogP contribution in [0.4, 0.5) is 10.1 Å². The second-order valence-electron chi connectivity index (χ2n) is 5.97. The fourth-order valence-corrected chi connectivity index (χ4v) is 4.02. The Morgan fingerprint density at radius 3 is 2.59 bits per heavy atom. The van der Waals surface area contributed by atoms with Crippen molar-refractivity contribution < 1.29 is 9.18 Å². The Morgan fingerprint density at radius 2 is 1.89 bits per heavy atom. The molecule has 1 amide bonds. The van der Waals surface area contributed by atoms with Crippen molar-refractivity contribution in [1.82, 2.24) is 14.3 Å². The highest BCUT2D eigenvalue weighted by Gasteiger charge is 2.20. The van der Waals surface area contributed by atoms with Gasteiger partial charge in [-0.05, 0) is 30.3 Å². The molecule has 142 valence electrons. The summed E-state index contributed by atoms with van der Waals surface area (Å²) in [5.41, 5.74) is 1.68. The van der Waals surface area contributed by atoms with Crippen molar-refractivity contribution in [3.05, 3.63) is 58.6 Å². The number of thiazole rings is 1. The van der Waals surface area contributed by atoms with Crippen molar-refractivity contribution in [1.29, 1.82) is 0 Å². The first-order valence-corrected chi connectivity index (χ1v) is 9.46. The number of carbonyl (C=O) groups is 1. The van der Waals surface area contributed by atoms with Crippen LogP contribution in [0.1, 0.15) is 5.69 Å². The number of halogens is 3. The molecule has 3 aromatic rings. The standard InChI is InChI=1S/C18H16ClFN4OS.ClH/c19-17-15(24-11-12-26-18(24)21-17)5-6-16(25)23-9-7-22(8-10-23)14-3-1-13(20)2-4-14;/h1-6,11-12H,7-10H2;1H/b6-5+;. The summed E-state index contributed by atoms with van der Waals surface area (Å²) in [4.78, 5) is 21.5. The fraction of sp³-hybridized carbons (Fsp3) is 0.222. The van der Waals surface area contributed by atoms with Gasteiger partial charge in [-0.15, -0.1) is 23.7 Å². The third-order valence-electron chi connectivity index (χ3n) is 4.42. The summed E-state index contributed by atoms with van der Waals surface area (Å²) >= 11 is 7.63. The minimum atomic E-state index is -0.244. The zero-order valence-electron chi connectivity index (χ0n) is 14.2. The number of amides is 1. The van der Waals surface area contributed by atoms with Crippen LogP contribution in [-0.2, 0) is 4.79 Å². The van der Waals surface area contributed by atoms with Gasteiger partial charge in [0.05, 0.1) is 5.69 Å². The number of piperazine rings is 1. The van der Waals surface area contributed by atoms with Gasteiger partial charge in [-0.3, -0.25) is 9.20 Å². The van der Waals surface area contributed by atoms with E-state index in [0.29, 0.717) is 37.0 Å².